The topological polar surface area (TPSA) is 64.3 Å². The van der Waals surface area contributed by atoms with Crippen LogP contribution in [-0.4, -0.2) is 30.2 Å². The zero-order valence-corrected chi connectivity index (χ0v) is 12.0. The molecule has 0 fully saturated rings. The highest BCUT2D eigenvalue weighted by molar-refractivity contribution is 5.84. The molecule has 0 aliphatic rings. The van der Waals surface area contributed by atoms with Crippen molar-refractivity contribution in [3.8, 4) is 0 Å². The summed E-state index contributed by atoms with van der Waals surface area (Å²) in [5.74, 6) is 0.214. The molecule has 102 valence electrons. The van der Waals surface area contributed by atoms with Crippen molar-refractivity contribution in [1.29, 1.82) is 0 Å². The highest BCUT2D eigenvalue weighted by atomic mass is 16.5. The molecule has 4 heteroatoms. The molecular formula is C13H28N2O2. The van der Waals surface area contributed by atoms with Crippen LogP contribution in [0.2, 0.25) is 0 Å². The van der Waals surface area contributed by atoms with Gasteiger partial charge in [-0.15, -0.1) is 0 Å². The first-order valence-electron chi connectivity index (χ1n) is 6.36. The molecule has 0 saturated heterocycles. The molecule has 17 heavy (non-hydrogen) atoms. The van der Waals surface area contributed by atoms with Gasteiger partial charge in [-0.3, -0.25) is 10.1 Å². The number of nitrogens with two attached hydrogens (primary N) is 1. The number of carbonyl (C=O) groups excluding carboxylic acids is 1. The maximum Gasteiger partial charge on any atom is 0.239 e. The zero-order valence-electron chi connectivity index (χ0n) is 12.0. The van der Waals surface area contributed by atoms with E-state index in [2.05, 4.69) is 19.2 Å². The van der Waals surface area contributed by atoms with E-state index in [0.29, 0.717) is 12.5 Å². The first kappa shape index (κ1) is 16.4. The summed E-state index contributed by atoms with van der Waals surface area (Å²) in [7, 11) is 0. The average Bonchev–Trinajstić information content (AvgIpc) is 2.12. The summed E-state index contributed by atoms with van der Waals surface area (Å²) in [5.41, 5.74) is 4.63. The average molecular weight is 244 g/mol. The third kappa shape index (κ3) is 6.64. The number of hydrogen-bond acceptors (Lipinski definition) is 3. The zero-order chi connectivity index (χ0) is 13.6. The quantitative estimate of drug-likeness (QED) is 0.683. The van der Waals surface area contributed by atoms with Crippen LogP contribution in [-0.2, 0) is 9.53 Å². The Morgan fingerprint density at radius 2 is 1.82 bits per heavy atom. The number of nitrogens with one attached hydrogen (secondary N) is 1. The van der Waals surface area contributed by atoms with E-state index in [1.807, 2.05) is 20.8 Å². The maximum atomic E-state index is 11.5. The largest absolute Gasteiger partial charge is 0.376 e. The van der Waals surface area contributed by atoms with Gasteiger partial charge in [0.15, 0.2) is 0 Å². The monoisotopic (exact) mass is 244 g/mol. The first-order chi connectivity index (χ1) is 7.67. The molecule has 0 radical (unpaired) electrons. The second-order valence-corrected chi connectivity index (χ2v) is 5.75. The van der Waals surface area contributed by atoms with Crippen molar-refractivity contribution in [1.82, 2.24) is 5.32 Å². The van der Waals surface area contributed by atoms with Crippen molar-refractivity contribution < 1.29 is 9.53 Å². The molecule has 0 aromatic carbocycles. The molecule has 0 rings (SSSR count). The summed E-state index contributed by atoms with van der Waals surface area (Å²) in [6.07, 6.45) is 1.12. The van der Waals surface area contributed by atoms with Crippen LogP contribution in [0.4, 0.5) is 0 Å². The standard InChI is InChI=1S/C13H28N2O2/c1-9(2)7-11(5)17-8-13(6,12(14)16)15-10(3)4/h9-11,15H,7-8H2,1-6H3,(H2,14,16). The fraction of sp³-hybridized carbons (Fsp3) is 0.923. The number of amides is 1. The normalized spacial score (nSPS) is 17.2. The number of rotatable bonds is 8. The van der Waals surface area contributed by atoms with Gasteiger partial charge in [0.05, 0.1) is 12.7 Å². The molecule has 2 unspecified atom stereocenters. The van der Waals surface area contributed by atoms with Crippen LogP contribution in [0.3, 0.4) is 0 Å². The highest BCUT2D eigenvalue weighted by Crippen LogP contribution is 2.12. The molecule has 2 atom stereocenters. The third-order valence-corrected chi connectivity index (χ3v) is 2.61. The van der Waals surface area contributed by atoms with Crippen LogP contribution >= 0.6 is 0 Å². The van der Waals surface area contributed by atoms with Gasteiger partial charge < -0.3 is 10.5 Å². The van der Waals surface area contributed by atoms with E-state index < -0.39 is 5.54 Å². The van der Waals surface area contributed by atoms with Crippen molar-refractivity contribution in [2.75, 3.05) is 6.61 Å². The predicted octanol–water partition coefficient (Wildman–Crippen LogP) is 1.68. The lowest BCUT2D eigenvalue weighted by Crippen LogP contribution is -2.58. The molecule has 0 saturated carbocycles. The lowest BCUT2D eigenvalue weighted by molar-refractivity contribution is -0.127. The molecule has 0 aliphatic carbocycles. The van der Waals surface area contributed by atoms with Gasteiger partial charge in [-0.2, -0.15) is 0 Å². The van der Waals surface area contributed by atoms with Gasteiger partial charge in [0, 0.05) is 6.04 Å². The number of carbonyl (C=O) groups is 1. The van der Waals surface area contributed by atoms with Gasteiger partial charge in [0.2, 0.25) is 5.91 Å². The lowest BCUT2D eigenvalue weighted by atomic mass is 10.0. The minimum Gasteiger partial charge on any atom is -0.376 e. The summed E-state index contributed by atoms with van der Waals surface area (Å²) in [6.45, 7) is 12.4. The van der Waals surface area contributed by atoms with E-state index in [-0.39, 0.29) is 18.1 Å². The van der Waals surface area contributed by atoms with Gasteiger partial charge in [-0.25, -0.2) is 0 Å². The Bertz CT molecular complexity index is 242. The Balaban J connectivity index is 4.31. The SMILES string of the molecule is CC(C)CC(C)OCC(C)(NC(C)C)C(N)=O. The Hall–Kier alpha value is -0.610. The molecule has 0 bridgehead atoms. The van der Waals surface area contributed by atoms with E-state index in [9.17, 15) is 4.79 Å². The van der Waals surface area contributed by atoms with Crippen LogP contribution in [0.15, 0.2) is 0 Å². The molecule has 0 aromatic rings. The number of ether oxygens (including phenoxy) is 1. The van der Waals surface area contributed by atoms with Gasteiger partial charge in [0.1, 0.15) is 5.54 Å². The molecule has 4 nitrogen and oxygen atoms in total. The summed E-state index contributed by atoms with van der Waals surface area (Å²) in [4.78, 5) is 11.5. The van der Waals surface area contributed by atoms with Crippen LogP contribution < -0.4 is 11.1 Å². The first-order valence-corrected chi connectivity index (χ1v) is 6.36. The molecule has 3 N–H and O–H groups in total. The molecular weight excluding hydrogens is 216 g/mol. The fourth-order valence-electron chi connectivity index (χ4n) is 1.86. The third-order valence-electron chi connectivity index (χ3n) is 2.61. The maximum absolute atomic E-state index is 11.5. The Morgan fingerprint density at radius 1 is 1.29 bits per heavy atom. The van der Waals surface area contributed by atoms with Gasteiger partial charge in [-0.1, -0.05) is 13.8 Å². The fourth-order valence-corrected chi connectivity index (χ4v) is 1.86. The predicted molar refractivity (Wildman–Crippen MR) is 70.7 cm³/mol. The van der Waals surface area contributed by atoms with Crippen molar-refractivity contribution in [2.24, 2.45) is 11.7 Å². The highest BCUT2D eigenvalue weighted by Gasteiger charge is 2.32. The summed E-state index contributed by atoms with van der Waals surface area (Å²) in [5, 5.41) is 3.16. The van der Waals surface area contributed by atoms with Crippen molar-refractivity contribution in [2.45, 2.75) is 65.6 Å². The van der Waals surface area contributed by atoms with Gasteiger partial charge >= 0.3 is 0 Å². The molecule has 0 aliphatic heterocycles. The second kappa shape index (κ2) is 6.97. The van der Waals surface area contributed by atoms with Gasteiger partial charge in [-0.05, 0) is 40.0 Å². The van der Waals surface area contributed by atoms with Gasteiger partial charge in [0.25, 0.3) is 0 Å². The Labute approximate surface area is 105 Å². The Kier molecular flexibility index (Phi) is 6.72. The summed E-state index contributed by atoms with van der Waals surface area (Å²) < 4.78 is 5.72. The second-order valence-electron chi connectivity index (χ2n) is 5.75. The van der Waals surface area contributed by atoms with Crippen LogP contribution in [0, 0.1) is 5.92 Å². The van der Waals surface area contributed by atoms with Crippen molar-refractivity contribution in [3.05, 3.63) is 0 Å². The Morgan fingerprint density at radius 3 is 2.18 bits per heavy atom. The minimum atomic E-state index is -0.792. The number of primary amides is 1. The van der Waals surface area contributed by atoms with E-state index in [4.69, 9.17) is 10.5 Å². The smallest absolute Gasteiger partial charge is 0.239 e. The molecule has 0 heterocycles. The van der Waals surface area contributed by atoms with Crippen molar-refractivity contribution in [3.63, 3.8) is 0 Å². The van der Waals surface area contributed by atoms with E-state index in [1.165, 1.54) is 0 Å². The molecule has 0 spiro atoms. The minimum absolute atomic E-state index is 0.141. The van der Waals surface area contributed by atoms with Crippen LogP contribution in [0.1, 0.15) is 48.0 Å². The van der Waals surface area contributed by atoms with Crippen LogP contribution in [0.25, 0.3) is 0 Å². The van der Waals surface area contributed by atoms with Crippen LogP contribution in [0.5, 0.6) is 0 Å². The summed E-state index contributed by atoms with van der Waals surface area (Å²) >= 11 is 0. The molecule has 1 amide bonds. The van der Waals surface area contributed by atoms with E-state index in [1.54, 1.807) is 6.92 Å². The van der Waals surface area contributed by atoms with E-state index in [0.717, 1.165) is 6.42 Å². The summed E-state index contributed by atoms with van der Waals surface area (Å²) in [6, 6.07) is 0.191. The number of hydrogen-bond donors (Lipinski definition) is 2. The van der Waals surface area contributed by atoms with Crippen molar-refractivity contribution >= 4 is 5.91 Å². The lowest BCUT2D eigenvalue weighted by Gasteiger charge is -2.31. The molecule has 0 aromatic heterocycles. The van der Waals surface area contributed by atoms with E-state index >= 15 is 0 Å².